The number of urea groups is 1. The van der Waals surface area contributed by atoms with Crippen LogP contribution in [0, 0.1) is 11.6 Å². The Morgan fingerprint density at radius 1 is 0.921 bits per heavy atom. The van der Waals surface area contributed by atoms with Crippen LogP contribution < -0.4 is 20.7 Å². The van der Waals surface area contributed by atoms with E-state index >= 15 is 0 Å². The molecule has 0 aliphatic heterocycles. The van der Waals surface area contributed by atoms with Crippen molar-refractivity contribution in [3.05, 3.63) is 53.7 Å². The maximum absolute atomic E-state index is 13.8. The van der Waals surface area contributed by atoms with Crippen molar-refractivity contribution < 1.29 is 32.6 Å². The van der Waals surface area contributed by atoms with Gasteiger partial charge in [0.25, 0.3) is 5.91 Å². The van der Waals surface area contributed by atoms with Gasteiger partial charge >= 0.3 is 12.0 Å². The van der Waals surface area contributed by atoms with Crippen LogP contribution in [0.2, 0.25) is 0 Å². The number of methoxy groups -OCH3 is 1. The average Bonchev–Trinajstić information content (AvgIpc) is 2.91. The standard InChI is InChI=1S/C27H34F2N4O5/c1-37-24(34)6-4-2-3-5-15-30-27(36)33-21-11-9-20(10-12-21)32-25(35)23-16-19(29)17-31-26(23)38-22-13-7-18(28)8-14-22/h7-8,13-14,16-17,20-21H,2-6,9-12,15H2,1H3,(H,32,35)(H2,30,33,36). The van der Waals surface area contributed by atoms with Crippen molar-refractivity contribution in [3.8, 4) is 11.6 Å². The predicted octanol–water partition coefficient (Wildman–Crippen LogP) is 4.62. The monoisotopic (exact) mass is 532 g/mol. The normalized spacial score (nSPS) is 16.8. The largest absolute Gasteiger partial charge is 0.469 e. The van der Waals surface area contributed by atoms with E-state index in [-0.39, 0.29) is 41.3 Å². The lowest BCUT2D eigenvalue weighted by Gasteiger charge is -2.29. The zero-order valence-corrected chi connectivity index (χ0v) is 21.4. The van der Waals surface area contributed by atoms with Gasteiger partial charge in [-0.1, -0.05) is 12.8 Å². The Labute approximate surface area is 220 Å². The minimum absolute atomic E-state index is 0.00332. The number of hydrogen-bond acceptors (Lipinski definition) is 6. The molecular formula is C27H34F2N4O5. The number of pyridine rings is 1. The summed E-state index contributed by atoms with van der Waals surface area (Å²) in [6.45, 7) is 0.555. The highest BCUT2D eigenvalue weighted by molar-refractivity contribution is 5.96. The molecule has 1 aliphatic rings. The van der Waals surface area contributed by atoms with E-state index < -0.39 is 17.5 Å². The number of hydrogen-bond donors (Lipinski definition) is 3. The van der Waals surface area contributed by atoms with E-state index in [1.165, 1.54) is 31.4 Å². The summed E-state index contributed by atoms with van der Waals surface area (Å²) >= 11 is 0. The maximum Gasteiger partial charge on any atom is 0.315 e. The minimum Gasteiger partial charge on any atom is -0.469 e. The number of esters is 1. The Hall–Kier alpha value is -3.76. The van der Waals surface area contributed by atoms with Gasteiger partial charge in [-0.25, -0.2) is 18.6 Å². The lowest BCUT2D eigenvalue weighted by molar-refractivity contribution is -0.140. The van der Waals surface area contributed by atoms with E-state index in [9.17, 15) is 23.2 Å². The molecule has 11 heteroatoms. The van der Waals surface area contributed by atoms with Crippen LogP contribution in [-0.2, 0) is 9.53 Å². The first-order valence-corrected chi connectivity index (χ1v) is 12.8. The van der Waals surface area contributed by atoms with Gasteiger partial charge in [0, 0.05) is 25.0 Å². The minimum atomic E-state index is -0.679. The van der Waals surface area contributed by atoms with E-state index in [1.807, 2.05) is 0 Å². The van der Waals surface area contributed by atoms with Crippen molar-refractivity contribution >= 4 is 17.9 Å². The Balaban J connectivity index is 1.38. The molecule has 38 heavy (non-hydrogen) atoms. The van der Waals surface area contributed by atoms with Gasteiger partial charge in [0.2, 0.25) is 5.88 Å². The van der Waals surface area contributed by atoms with Crippen molar-refractivity contribution in [1.82, 2.24) is 20.9 Å². The lowest BCUT2D eigenvalue weighted by atomic mass is 9.91. The Kier molecular flexibility index (Phi) is 11.3. The summed E-state index contributed by atoms with van der Waals surface area (Å²) < 4.78 is 37.2. The molecule has 0 unspecified atom stereocenters. The molecule has 1 heterocycles. The molecular weight excluding hydrogens is 498 g/mol. The highest BCUT2D eigenvalue weighted by Crippen LogP contribution is 2.25. The molecule has 206 valence electrons. The molecule has 1 fully saturated rings. The van der Waals surface area contributed by atoms with Gasteiger partial charge in [0.1, 0.15) is 22.9 Å². The third-order valence-electron chi connectivity index (χ3n) is 6.31. The molecule has 9 nitrogen and oxygen atoms in total. The third-order valence-corrected chi connectivity index (χ3v) is 6.31. The fraction of sp³-hybridized carbons (Fsp3) is 0.481. The number of ether oxygens (including phenoxy) is 2. The number of nitrogens with one attached hydrogen (secondary N) is 3. The van der Waals surface area contributed by atoms with Crippen LogP contribution in [-0.4, -0.2) is 48.6 Å². The average molecular weight is 533 g/mol. The van der Waals surface area contributed by atoms with Gasteiger partial charge in [0.05, 0.1) is 13.3 Å². The zero-order chi connectivity index (χ0) is 27.3. The molecule has 0 atom stereocenters. The number of rotatable bonds is 12. The number of halogens is 2. The van der Waals surface area contributed by atoms with E-state index in [0.29, 0.717) is 38.6 Å². The second-order valence-corrected chi connectivity index (χ2v) is 9.22. The van der Waals surface area contributed by atoms with Gasteiger partial charge in [-0.2, -0.15) is 0 Å². The van der Waals surface area contributed by atoms with Crippen molar-refractivity contribution in [1.29, 1.82) is 0 Å². The van der Waals surface area contributed by atoms with Gasteiger partial charge in [0.15, 0.2) is 0 Å². The van der Waals surface area contributed by atoms with E-state index in [0.717, 1.165) is 37.9 Å². The van der Waals surface area contributed by atoms with Crippen LogP contribution in [0.4, 0.5) is 13.6 Å². The van der Waals surface area contributed by atoms with E-state index in [4.69, 9.17) is 4.74 Å². The first-order chi connectivity index (χ1) is 18.3. The van der Waals surface area contributed by atoms with Crippen LogP contribution in [0.3, 0.4) is 0 Å². The summed E-state index contributed by atoms with van der Waals surface area (Å²) in [4.78, 5) is 40.0. The van der Waals surface area contributed by atoms with Crippen LogP contribution in [0.5, 0.6) is 11.6 Å². The molecule has 3 rings (SSSR count). The van der Waals surface area contributed by atoms with Gasteiger partial charge in [-0.05, 0) is 68.9 Å². The number of unbranched alkanes of at least 4 members (excludes halogenated alkanes) is 3. The van der Waals surface area contributed by atoms with Crippen LogP contribution in [0.25, 0.3) is 0 Å². The van der Waals surface area contributed by atoms with Crippen LogP contribution in [0.15, 0.2) is 36.5 Å². The highest BCUT2D eigenvalue weighted by Gasteiger charge is 2.25. The molecule has 3 amide bonds. The number of nitrogens with zero attached hydrogens (tertiary/aromatic N) is 1. The van der Waals surface area contributed by atoms with Gasteiger partial charge < -0.3 is 25.4 Å². The first-order valence-electron chi connectivity index (χ1n) is 12.8. The Morgan fingerprint density at radius 2 is 1.58 bits per heavy atom. The molecule has 0 spiro atoms. The quantitative estimate of drug-likeness (QED) is 0.271. The molecule has 0 saturated heterocycles. The molecule has 0 radical (unpaired) electrons. The summed E-state index contributed by atoms with van der Waals surface area (Å²) in [7, 11) is 1.38. The van der Waals surface area contributed by atoms with Crippen LogP contribution in [0.1, 0.15) is 68.1 Å². The summed E-state index contributed by atoms with van der Waals surface area (Å²) in [6, 6.07) is 5.88. The van der Waals surface area contributed by atoms with Gasteiger partial charge in [-0.3, -0.25) is 9.59 Å². The number of carbonyl (C=O) groups is 3. The smallest absolute Gasteiger partial charge is 0.315 e. The Morgan fingerprint density at radius 3 is 2.26 bits per heavy atom. The molecule has 1 aromatic heterocycles. The fourth-order valence-electron chi connectivity index (χ4n) is 4.22. The van der Waals surface area contributed by atoms with Crippen molar-refractivity contribution in [2.24, 2.45) is 0 Å². The number of aromatic nitrogens is 1. The summed E-state index contributed by atoms with van der Waals surface area (Å²) in [5.41, 5.74) is -0.0563. The zero-order valence-electron chi connectivity index (χ0n) is 21.4. The van der Waals surface area contributed by atoms with Crippen LogP contribution >= 0.6 is 0 Å². The molecule has 1 aromatic carbocycles. The SMILES string of the molecule is COC(=O)CCCCCCNC(=O)NC1CCC(NC(=O)c2cc(F)cnc2Oc2ccc(F)cc2)CC1. The molecule has 0 bridgehead atoms. The number of carbonyl (C=O) groups excluding carboxylic acids is 3. The molecule has 2 aromatic rings. The molecule has 3 N–H and O–H groups in total. The fourth-order valence-corrected chi connectivity index (χ4v) is 4.22. The van der Waals surface area contributed by atoms with E-state index in [1.54, 1.807) is 0 Å². The highest BCUT2D eigenvalue weighted by atomic mass is 19.1. The molecule has 1 saturated carbocycles. The van der Waals surface area contributed by atoms with Crippen molar-refractivity contribution in [3.63, 3.8) is 0 Å². The predicted molar refractivity (Wildman–Crippen MR) is 136 cm³/mol. The second kappa shape index (κ2) is 14.8. The van der Waals surface area contributed by atoms with Crippen molar-refractivity contribution in [2.75, 3.05) is 13.7 Å². The third kappa shape index (κ3) is 9.60. The maximum atomic E-state index is 13.8. The number of benzene rings is 1. The van der Waals surface area contributed by atoms with Crippen molar-refractivity contribution in [2.45, 2.75) is 69.9 Å². The molecule has 1 aliphatic carbocycles. The summed E-state index contributed by atoms with van der Waals surface area (Å²) in [6.07, 6.45) is 7.45. The Bertz CT molecular complexity index is 1080. The summed E-state index contributed by atoms with van der Waals surface area (Å²) in [5, 5.41) is 8.72. The second-order valence-electron chi connectivity index (χ2n) is 9.22. The topological polar surface area (TPSA) is 119 Å². The summed E-state index contributed by atoms with van der Waals surface area (Å²) in [5.74, 6) is -1.65. The lowest BCUT2D eigenvalue weighted by Crippen LogP contribution is -2.47. The number of amides is 3. The van der Waals surface area contributed by atoms with Gasteiger partial charge in [-0.15, -0.1) is 0 Å². The first kappa shape index (κ1) is 28.8. The van der Waals surface area contributed by atoms with E-state index in [2.05, 4.69) is 25.7 Å².